The minimum Gasteiger partial charge on any atom is -0.493 e. The molecular formula is C26H18Br2N2O6S. The van der Waals surface area contributed by atoms with Crippen molar-refractivity contribution in [2.75, 3.05) is 12.0 Å². The molecule has 0 aromatic heterocycles. The molecule has 11 heteroatoms. The number of nitrogens with zero attached hydrogens (tertiary/aromatic N) is 1. The van der Waals surface area contributed by atoms with Crippen molar-refractivity contribution in [3.8, 4) is 11.5 Å². The van der Waals surface area contributed by atoms with Gasteiger partial charge in [0.25, 0.3) is 11.8 Å². The Hall–Kier alpha value is -3.54. The number of ether oxygens (including phenoxy) is 2. The van der Waals surface area contributed by atoms with Gasteiger partial charge in [0.2, 0.25) is 0 Å². The van der Waals surface area contributed by atoms with Crippen LogP contribution in [-0.2, 0) is 16.2 Å². The first-order chi connectivity index (χ1) is 17.7. The number of carboxylic acid groups (broad SMARTS) is 1. The van der Waals surface area contributed by atoms with Gasteiger partial charge in [-0.15, -0.1) is 0 Å². The first kappa shape index (κ1) is 26.5. The predicted octanol–water partition coefficient (Wildman–Crippen LogP) is 5.33. The lowest BCUT2D eigenvalue weighted by Gasteiger charge is -2.29. The first-order valence-corrected chi connectivity index (χ1v) is 12.7. The van der Waals surface area contributed by atoms with Crippen LogP contribution in [0.2, 0.25) is 0 Å². The minimum atomic E-state index is -1.16. The maximum absolute atomic E-state index is 13.3. The average molecular weight is 646 g/mol. The van der Waals surface area contributed by atoms with Gasteiger partial charge in [-0.1, -0.05) is 34.1 Å². The number of carbonyl (C=O) groups is 3. The molecule has 188 valence electrons. The van der Waals surface area contributed by atoms with Crippen LogP contribution >= 0.6 is 44.1 Å². The number of rotatable bonds is 7. The quantitative estimate of drug-likeness (QED) is 0.203. The second kappa shape index (κ2) is 11.2. The highest BCUT2D eigenvalue weighted by atomic mass is 79.9. The Labute approximate surface area is 234 Å². The van der Waals surface area contributed by atoms with E-state index in [1.807, 2.05) is 24.3 Å². The molecule has 1 saturated heterocycles. The van der Waals surface area contributed by atoms with Crippen LogP contribution in [0.15, 0.2) is 75.2 Å². The summed E-state index contributed by atoms with van der Waals surface area (Å²) in [5, 5.41) is 11.6. The summed E-state index contributed by atoms with van der Waals surface area (Å²) in [5.74, 6) is -1.67. The van der Waals surface area contributed by atoms with Crippen LogP contribution in [0.1, 0.15) is 21.5 Å². The first-order valence-electron chi connectivity index (χ1n) is 10.7. The Morgan fingerprint density at radius 1 is 1.11 bits per heavy atom. The average Bonchev–Trinajstić information content (AvgIpc) is 2.86. The smallest absolute Gasteiger partial charge is 0.335 e. The van der Waals surface area contributed by atoms with E-state index < -0.39 is 17.8 Å². The maximum atomic E-state index is 13.3. The molecule has 0 aliphatic carbocycles. The van der Waals surface area contributed by atoms with Gasteiger partial charge in [-0.3, -0.25) is 19.8 Å². The number of anilines is 1. The van der Waals surface area contributed by atoms with E-state index in [9.17, 15) is 19.5 Å². The SMILES string of the molecule is COc1cc(C=C2C(=O)NC(=S)N(c3cccc(C(=O)O)c3)C2=O)cc(Br)c1OCc1ccc(Br)cc1. The fraction of sp³-hybridized carbons (Fsp3) is 0.0769. The van der Waals surface area contributed by atoms with Crippen LogP contribution in [0.25, 0.3) is 6.08 Å². The van der Waals surface area contributed by atoms with E-state index in [0.29, 0.717) is 28.1 Å². The number of carbonyl (C=O) groups excluding carboxylic acids is 2. The number of carboxylic acids is 1. The summed E-state index contributed by atoms with van der Waals surface area (Å²) in [7, 11) is 1.49. The number of hydrogen-bond donors (Lipinski definition) is 2. The van der Waals surface area contributed by atoms with Gasteiger partial charge in [-0.25, -0.2) is 4.79 Å². The molecule has 0 bridgehead atoms. The fourth-order valence-corrected chi connectivity index (χ4v) is 4.66. The Balaban J connectivity index is 1.64. The Bertz CT molecular complexity index is 1460. The standard InChI is InChI=1S/C26H18Br2N2O6S/c1-35-21-11-15(10-20(28)22(21)36-13-14-5-7-17(27)8-6-14)9-19-23(31)29-26(37)30(24(19)32)18-4-2-3-16(12-18)25(33)34/h2-12H,13H2,1H3,(H,33,34)(H,29,31,37). The van der Waals surface area contributed by atoms with E-state index in [-0.39, 0.29) is 21.9 Å². The summed E-state index contributed by atoms with van der Waals surface area (Å²) >= 11 is 12.1. The number of hydrogen-bond acceptors (Lipinski definition) is 6. The summed E-state index contributed by atoms with van der Waals surface area (Å²) in [4.78, 5) is 38.4. The van der Waals surface area contributed by atoms with Crippen LogP contribution in [-0.4, -0.2) is 35.1 Å². The number of amides is 2. The van der Waals surface area contributed by atoms with Crippen LogP contribution < -0.4 is 19.7 Å². The van der Waals surface area contributed by atoms with Crippen molar-refractivity contribution in [3.05, 3.63) is 91.9 Å². The van der Waals surface area contributed by atoms with Crippen LogP contribution in [0, 0.1) is 0 Å². The van der Waals surface area contributed by atoms with Gasteiger partial charge in [0.15, 0.2) is 16.6 Å². The zero-order chi connectivity index (χ0) is 26.7. The van der Waals surface area contributed by atoms with Crippen molar-refractivity contribution in [1.82, 2.24) is 5.32 Å². The lowest BCUT2D eigenvalue weighted by Crippen LogP contribution is -2.54. The number of thiocarbonyl (C=S) groups is 1. The maximum Gasteiger partial charge on any atom is 0.335 e. The molecule has 2 amide bonds. The van der Waals surface area contributed by atoms with E-state index >= 15 is 0 Å². The molecular weight excluding hydrogens is 628 g/mol. The molecule has 37 heavy (non-hydrogen) atoms. The van der Waals surface area contributed by atoms with E-state index in [1.165, 1.54) is 37.5 Å². The van der Waals surface area contributed by atoms with Crippen molar-refractivity contribution in [3.63, 3.8) is 0 Å². The Morgan fingerprint density at radius 2 is 1.84 bits per heavy atom. The molecule has 0 unspecified atom stereocenters. The Kier molecular flexibility index (Phi) is 8.06. The monoisotopic (exact) mass is 644 g/mol. The highest BCUT2D eigenvalue weighted by Gasteiger charge is 2.34. The van der Waals surface area contributed by atoms with Gasteiger partial charge in [-0.05, 0) is 87.8 Å². The van der Waals surface area contributed by atoms with E-state index in [0.717, 1.165) is 14.9 Å². The third-order valence-corrected chi connectivity index (χ3v) is 6.71. The van der Waals surface area contributed by atoms with Gasteiger partial charge in [0, 0.05) is 4.47 Å². The van der Waals surface area contributed by atoms with Crippen molar-refractivity contribution in [2.24, 2.45) is 0 Å². The number of aromatic carboxylic acids is 1. The van der Waals surface area contributed by atoms with Gasteiger partial charge in [0.1, 0.15) is 12.2 Å². The summed E-state index contributed by atoms with van der Waals surface area (Å²) in [6, 6.07) is 16.7. The number of nitrogens with one attached hydrogen (secondary N) is 1. The molecule has 1 aliphatic heterocycles. The third kappa shape index (κ3) is 5.90. The number of methoxy groups -OCH3 is 1. The topological polar surface area (TPSA) is 105 Å². The summed E-state index contributed by atoms with van der Waals surface area (Å²) in [6.45, 7) is 0.297. The largest absolute Gasteiger partial charge is 0.493 e. The number of halogens is 2. The van der Waals surface area contributed by atoms with Gasteiger partial charge in [-0.2, -0.15) is 0 Å². The van der Waals surface area contributed by atoms with Crippen molar-refractivity contribution < 1.29 is 29.0 Å². The lowest BCUT2D eigenvalue weighted by molar-refractivity contribution is -0.122. The predicted molar refractivity (Wildman–Crippen MR) is 149 cm³/mol. The molecule has 0 spiro atoms. The fourth-order valence-electron chi connectivity index (χ4n) is 3.54. The van der Waals surface area contributed by atoms with Gasteiger partial charge < -0.3 is 14.6 Å². The van der Waals surface area contributed by atoms with E-state index in [1.54, 1.807) is 12.1 Å². The summed E-state index contributed by atoms with van der Waals surface area (Å²) in [5.41, 5.74) is 1.45. The second-order valence-electron chi connectivity index (χ2n) is 7.76. The van der Waals surface area contributed by atoms with E-state index in [4.69, 9.17) is 21.7 Å². The number of benzene rings is 3. The highest BCUT2D eigenvalue weighted by Crippen LogP contribution is 2.38. The zero-order valence-corrected chi connectivity index (χ0v) is 23.1. The molecule has 8 nitrogen and oxygen atoms in total. The van der Waals surface area contributed by atoms with Crippen LogP contribution in [0.3, 0.4) is 0 Å². The Morgan fingerprint density at radius 3 is 2.51 bits per heavy atom. The molecule has 3 aromatic rings. The van der Waals surface area contributed by atoms with Gasteiger partial charge in [0.05, 0.1) is 22.8 Å². The molecule has 1 fully saturated rings. The van der Waals surface area contributed by atoms with Crippen molar-refractivity contribution in [1.29, 1.82) is 0 Å². The molecule has 1 aliphatic rings. The van der Waals surface area contributed by atoms with E-state index in [2.05, 4.69) is 37.2 Å². The molecule has 1 heterocycles. The molecule has 4 rings (SSSR count). The van der Waals surface area contributed by atoms with Crippen molar-refractivity contribution in [2.45, 2.75) is 6.61 Å². The summed E-state index contributed by atoms with van der Waals surface area (Å²) in [6.07, 6.45) is 1.40. The van der Waals surface area contributed by atoms with Crippen molar-refractivity contribution >= 4 is 78.7 Å². The zero-order valence-electron chi connectivity index (χ0n) is 19.2. The second-order valence-corrected chi connectivity index (χ2v) is 9.92. The lowest BCUT2D eigenvalue weighted by atomic mass is 10.1. The summed E-state index contributed by atoms with van der Waals surface area (Å²) < 4.78 is 13.0. The van der Waals surface area contributed by atoms with Crippen LogP contribution in [0.4, 0.5) is 5.69 Å². The molecule has 0 radical (unpaired) electrons. The van der Waals surface area contributed by atoms with Gasteiger partial charge >= 0.3 is 5.97 Å². The molecule has 0 saturated carbocycles. The highest BCUT2D eigenvalue weighted by molar-refractivity contribution is 9.10. The molecule has 3 aromatic carbocycles. The molecule has 0 atom stereocenters. The normalized spacial score (nSPS) is 14.5. The third-order valence-electron chi connectivity index (χ3n) is 5.31. The molecule has 2 N–H and O–H groups in total. The minimum absolute atomic E-state index is 0.0251. The van der Waals surface area contributed by atoms with Crippen LogP contribution in [0.5, 0.6) is 11.5 Å².